The van der Waals surface area contributed by atoms with Crippen LogP contribution in [0.2, 0.25) is 0 Å². The lowest BCUT2D eigenvalue weighted by Gasteiger charge is -2.42. The highest BCUT2D eigenvalue weighted by atomic mass is 16.3. The minimum Gasteiger partial charge on any atom is -0.506 e. The van der Waals surface area contributed by atoms with Gasteiger partial charge in [-0.25, -0.2) is 0 Å². The molecule has 4 nitrogen and oxygen atoms in total. The van der Waals surface area contributed by atoms with E-state index >= 15 is 0 Å². The van der Waals surface area contributed by atoms with Gasteiger partial charge < -0.3 is 19.5 Å². The number of hydrogen-bond acceptors (Lipinski definition) is 3. The van der Waals surface area contributed by atoms with Gasteiger partial charge in [0.25, 0.3) is 0 Å². The van der Waals surface area contributed by atoms with Gasteiger partial charge in [0, 0.05) is 50.5 Å². The number of phenolic OH excluding ortho intramolecular Hbond substituents is 1. The summed E-state index contributed by atoms with van der Waals surface area (Å²) < 4.78 is 2.39. The number of hydrogen-bond donors (Lipinski definition) is 1. The molecular formula is C50H35N3O. The number of aromatic hydroxyl groups is 1. The lowest BCUT2D eigenvalue weighted by Crippen LogP contribution is -2.32. The molecule has 1 atom stereocenters. The van der Waals surface area contributed by atoms with E-state index in [2.05, 4.69) is 178 Å². The second-order valence-electron chi connectivity index (χ2n) is 14.3. The average molecular weight is 694 g/mol. The Morgan fingerprint density at radius 1 is 0.481 bits per heavy atom. The molecule has 1 unspecified atom stereocenters. The largest absolute Gasteiger partial charge is 0.506 e. The monoisotopic (exact) mass is 693 g/mol. The maximum Gasteiger partial charge on any atom is 0.139 e. The van der Waals surface area contributed by atoms with Gasteiger partial charge in [0.15, 0.2) is 0 Å². The van der Waals surface area contributed by atoms with Crippen LogP contribution in [0, 0.1) is 5.92 Å². The topological polar surface area (TPSA) is 31.6 Å². The van der Waals surface area contributed by atoms with Crippen molar-refractivity contribution >= 4 is 71.8 Å². The van der Waals surface area contributed by atoms with Crippen molar-refractivity contribution in [3.05, 3.63) is 199 Å². The maximum atomic E-state index is 11.0. The van der Waals surface area contributed by atoms with Crippen LogP contribution in [0.1, 0.15) is 6.42 Å². The van der Waals surface area contributed by atoms with Crippen molar-refractivity contribution in [1.29, 1.82) is 0 Å². The van der Waals surface area contributed by atoms with Gasteiger partial charge in [0.05, 0.1) is 22.4 Å². The zero-order chi connectivity index (χ0) is 35.8. The van der Waals surface area contributed by atoms with Gasteiger partial charge in [0.2, 0.25) is 0 Å². The molecule has 4 heteroatoms. The van der Waals surface area contributed by atoms with Crippen LogP contribution in [0.25, 0.3) is 49.0 Å². The minimum absolute atomic E-state index is 0.276. The van der Waals surface area contributed by atoms with E-state index in [1.54, 1.807) is 6.07 Å². The zero-order valence-corrected chi connectivity index (χ0v) is 29.5. The van der Waals surface area contributed by atoms with Gasteiger partial charge >= 0.3 is 0 Å². The molecule has 11 rings (SSSR count). The van der Waals surface area contributed by atoms with Crippen molar-refractivity contribution in [2.45, 2.75) is 6.42 Å². The SMILES string of the molecule is Oc1ccccc1N(C1=C2C=CC2C1)c1ccc(-n2c3ccccc3c3ccc(N(c4ccccc4)c4cc5ccccc5c5ccccc45)cc32)cc1. The van der Waals surface area contributed by atoms with Crippen LogP contribution in [-0.2, 0) is 0 Å². The molecule has 0 bridgehead atoms. The molecule has 0 amide bonds. The Kier molecular flexibility index (Phi) is 6.80. The summed E-state index contributed by atoms with van der Waals surface area (Å²) in [6.45, 7) is 0. The normalized spacial score (nSPS) is 14.7. The van der Waals surface area contributed by atoms with Gasteiger partial charge in [-0.3, -0.25) is 0 Å². The summed E-state index contributed by atoms with van der Waals surface area (Å²) in [4.78, 5) is 4.63. The van der Waals surface area contributed by atoms with Crippen LogP contribution in [0.3, 0.4) is 0 Å². The summed E-state index contributed by atoms with van der Waals surface area (Å²) >= 11 is 0. The van der Waals surface area contributed by atoms with E-state index in [0.717, 1.165) is 51.6 Å². The van der Waals surface area contributed by atoms with E-state index in [0.29, 0.717) is 5.92 Å². The predicted molar refractivity (Wildman–Crippen MR) is 225 cm³/mol. The molecule has 0 fully saturated rings. The molecule has 8 aromatic carbocycles. The first-order chi connectivity index (χ1) is 26.7. The van der Waals surface area contributed by atoms with Gasteiger partial charge in [-0.1, -0.05) is 115 Å². The number of nitrogens with zero attached hydrogens (tertiary/aromatic N) is 3. The molecule has 0 radical (unpaired) electrons. The third-order valence-electron chi connectivity index (χ3n) is 11.3. The summed E-state index contributed by atoms with van der Waals surface area (Å²) in [5.74, 6) is 0.806. The summed E-state index contributed by atoms with van der Waals surface area (Å²) in [6.07, 6.45) is 5.45. The van der Waals surface area contributed by atoms with Crippen LogP contribution < -0.4 is 9.80 Å². The highest BCUT2D eigenvalue weighted by molar-refractivity contribution is 6.15. The molecule has 2 aliphatic rings. The van der Waals surface area contributed by atoms with Crippen LogP contribution in [-0.4, -0.2) is 9.67 Å². The van der Waals surface area contributed by atoms with Crippen LogP contribution in [0.4, 0.5) is 28.4 Å². The van der Waals surface area contributed by atoms with Crippen molar-refractivity contribution < 1.29 is 5.11 Å². The fourth-order valence-electron chi connectivity index (χ4n) is 8.68. The number of para-hydroxylation sites is 4. The Hall–Kier alpha value is -7.04. The Balaban J connectivity index is 1.10. The van der Waals surface area contributed by atoms with Gasteiger partial charge in [-0.05, 0) is 101 Å². The maximum absolute atomic E-state index is 11.0. The first kappa shape index (κ1) is 30.6. The number of aromatic nitrogens is 1. The number of phenols is 1. The summed E-state index contributed by atoms with van der Waals surface area (Å²) in [7, 11) is 0. The highest BCUT2D eigenvalue weighted by Crippen LogP contribution is 2.50. The van der Waals surface area contributed by atoms with Gasteiger partial charge in [-0.2, -0.15) is 0 Å². The van der Waals surface area contributed by atoms with E-state index in [4.69, 9.17) is 0 Å². The zero-order valence-electron chi connectivity index (χ0n) is 29.5. The molecule has 0 spiro atoms. The van der Waals surface area contributed by atoms with E-state index in [-0.39, 0.29) is 5.75 Å². The molecule has 1 aromatic heterocycles. The third kappa shape index (κ3) is 4.63. The predicted octanol–water partition coefficient (Wildman–Crippen LogP) is 13.2. The van der Waals surface area contributed by atoms with E-state index in [9.17, 15) is 5.11 Å². The quantitative estimate of drug-likeness (QED) is 0.169. The smallest absolute Gasteiger partial charge is 0.139 e. The number of benzene rings is 8. The van der Waals surface area contributed by atoms with Crippen molar-refractivity contribution in [1.82, 2.24) is 4.57 Å². The lowest BCUT2D eigenvalue weighted by molar-refractivity contribution is 0.475. The van der Waals surface area contributed by atoms with Crippen LogP contribution in [0.5, 0.6) is 5.75 Å². The molecule has 0 saturated heterocycles. The molecule has 54 heavy (non-hydrogen) atoms. The number of allylic oxidation sites excluding steroid dienone is 4. The summed E-state index contributed by atoms with van der Waals surface area (Å²) in [5.41, 5.74) is 11.1. The highest BCUT2D eigenvalue weighted by Gasteiger charge is 2.36. The Labute approximate surface area is 313 Å². The molecule has 1 heterocycles. The molecule has 2 aliphatic carbocycles. The standard InChI is InChI=1S/C50H35N3O/c54-50-21-11-10-20-46(50)53(47-31-34-22-28-40(34)47)37-25-23-36(24-26-37)52-45-19-9-8-18-43(45)44-29-27-38(32-49(44)52)51(35-13-2-1-3-14-35)48-30-33-12-4-5-15-39(33)41-16-6-7-17-42(41)48/h1-30,32,34,54H,31H2. The molecular weight excluding hydrogens is 659 g/mol. The van der Waals surface area contributed by atoms with Gasteiger partial charge in [0.1, 0.15) is 5.75 Å². The number of rotatable bonds is 7. The first-order valence-electron chi connectivity index (χ1n) is 18.6. The molecule has 256 valence electrons. The molecule has 0 saturated carbocycles. The Morgan fingerprint density at radius 3 is 1.89 bits per heavy atom. The van der Waals surface area contributed by atoms with Crippen molar-refractivity contribution in [2.75, 3.05) is 9.80 Å². The van der Waals surface area contributed by atoms with Gasteiger partial charge in [-0.15, -0.1) is 0 Å². The first-order valence-corrected chi connectivity index (χ1v) is 18.6. The number of fused-ring (bicyclic) bond motifs is 7. The average Bonchev–Trinajstić information content (AvgIpc) is 3.55. The minimum atomic E-state index is 0.276. The summed E-state index contributed by atoms with van der Waals surface area (Å²) in [6, 6.07) is 62.5. The van der Waals surface area contributed by atoms with Crippen molar-refractivity contribution in [3.8, 4) is 11.4 Å². The van der Waals surface area contributed by atoms with E-state index in [1.807, 2.05) is 18.2 Å². The van der Waals surface area contributed by atoms with Crippen molar-refractivity contribution in [3.63, 3.8) is 0 Å². The number of anilines is 5. The molecule has 0 aliphatic heterocycles. The fourth-order valence-corrected chi connectivity index (χ4v) is 8.68. The van der Waals surface area contributed by atoms with E-state index < -0.39 is 0 Å². The van der Waals surface area contributed by atoms with Crippen LogP contribution in [0.15, 0.2) is 199 Å². The molecule has 9 aromatic rings. The van der Waals surface area contributed by atoms with Crippen LogP contribution >= 0.6 is 0 Å². The second-order valence-corrected chi connectivity index (χ2v) is 14.3. The molecule has 1 N–H and O–H groups in total. The third-order valence-corrected chi connectivity index (χ3v) is 11.3. The van der Waals surface area contributed by atoms with Crippen molar-refractivity contribution in [2.24, 2.45) is 5.92 Å². The summed E-state index contributed by atoms with van der Waals surface area (Å²) in [5, 5.41) is 18.3. The Morgan fingerprint density at radius 2 is 1.13 bits per heavy atom. The van der Waals surface area contributed by atoms with E-state index in [1.165, 1.54) is 43.6 Å². The second kappa shape index (κ2) is 12.0. The Bertz CT molecular complexity index is 2990. The fraction of sp³-hybridized carbons (Fsp3) is 0.0400. The lowest BCUT2D eigenvalue weighted by atomic mass is 9.72.